The average molecular weight is 152 g/mol. The molecule has 0 saturated heterocycles. The molecule has 0 saturated carbocycles. The minimum absolute atomic E-state index is 0.223. The van der Waals surface area contributed by atoms with Crippen molar-refractivity contribution < 1.29 is 12.6 Å². The van der Waals surface area contributed by atoms with E-state index in [4.69, 9.17) is 0 Å². The largest absolute Gasteiger partial charge is 0.270 e. The van der Waals surface area contributed by atoms with E-state index < -0.39 is 15.4 Å². The van der Waals surface area contributed by atoms with Crippen LogP contribution in [-0.4, -0.2) is 20.3 Å². The van der Waals surface area contributed by atoms with Crippen molar-refractivity contribution in [3.05, 3.63) is 0 Å². The van der Waals surface area contributed by atoms with E-state index in [2.05, 4.69) is 4.18 Å². The van der Waals surface area contributed by atoms with E-state index in [1.165, 1.54) is 0 Å². The first-order chi connectivity index (χ1) is 4.00. The van der Waals surface area contributed by atoms with Crippen LogP contribution < -0.4 is 0 Å². The second-order valence-electron chi connectivity index (χ2n) is 1.95. The third-order valence-electron chi connectivity index (χ3n) is 0.859. The fraction of sp³-hybridized carbons (Fsp3) is 1.00. The Labute approximate surface area is 56.1 Å². The average Bonchev–Trinajstić information content (AvgIpc) is 1.65. The van der Waals surface area contributed by atoms with Crippen LogP contribution in [0.25, 0.3) is 0 Å². The van der Waals surface area contributed by atoms with Crippen molar-refractivity contribution >= 4 is 10.1 Å². The van der Waals surface area contributed by atoms with Gasteiger partial charge in [0.15, 0.2) is 0 Å². The third-order valence-corrected chi connectivity index (χ3v) is 2.58. The number of hydrogen-bond donors (Lipinski definition) is 0. The highest BCUT2D eigenvalue weighted by molar-refractivity contribution is 7.87. The summed E-state index contributed by atoms with van der Waals surface area (Å²) in [5.41, 5.74) is 0. The summed E-state index contributed by atoms with van der Waals surface area (Å²) in [5.74, 6) is 0. The van der Waals surface area contributed by atoms with Crippen LogP contribution in [0.1, 0.15) is 20.8 Å². The lowest BCUT2D eigenvalue weighted by Crippen LogP contribution is -2.16. The van der Waals surface area contributed by atoms with Gasteiger partial charge >= 0.3 is 0 Å². The predicted molar refractivity (Wildman–Crippen MR) is 35.7 cm³/mol. The molecule has 0 aromatic carbocycles. The Morgan fingerprint density at radius 2 is 1.89 bits per heavy atom. The van der Waals surface area contributed by atoms with Gasteiger partial charge in [0.05, 0.1) is 11.9 Å². The van der Waals surface area contributed by atoms with Gasteiger partial charge in [0.1, 0.15) is 0 Å². The normalized spacial score (nSPS) is 12.4. The topological polar surface area (TPSA) is 43.4 Å². The summed E-state index contributed by atoms with van der Waals surface area (Å²) in [5, 5.41) is -0.433. The fourth-order valence-electron chi connectivity index (χ4n) is 0.300. The monoisotopic (exact) mass is 152 g/mol. The molecule has 4 heteroatoms. The molecule has 0 aliphatic carbocycles. The highest BCUT2D eigenvalue weighted by Crippen LogP contribution is 2.00. The van der Waals surface area contributed by atoms with Gasteiger partial charge < -0.3 is 0 Å². The fourth-order valence-corrected chi connectivity index (χ4v) is 0.901. The van der Waals surface area contributed by atoms with E-state index in [1.54, 1.807) is 20.8 Å². The number of rotatable bonds is 3. The molecule has 0 aliphatic rings. The lowest BCUT2D eigenvalue weighted by Gasteiger charge is -2.04. The zero-order chi connectivity index (χ0) is 7.49. The molecule has 0 aliphatic heterocycles. The standard InChI is InChI=1S/C5H12O3S/c1-4-8-9(6,7)5(2)3/h5H,4H2,1-3H3. The molecule has 0 atom stereocenters. The maximum atomic E-state index is 10.7. The summed E-state index contributed by atoms with van der Waals surface area (Å²) in [7, 11) is -3.25. The van der Waals surface area contributed by atoms with E-state index >= 15 is 0 Å². The van der Waals surface area contributed by atoms with Crippen molar-refractivity contribution in [2.24, 2.45) is 0 Å². The lowest BCUT2D eigenvalue weighted by molar-refractivity contribution is 0.333. The van der Waals surface area contributed by atoms with Gasteiger partial charge in [-0.1, -0.05) is 0 Å². The Morgan fingerprint density at radius 1 is 1.44 bits per heavy atom. The molecule has 0 bridgehead atoms. The van der Waals surface area contributed by atoms with Gasteiger partial charge in [0.2, 0.25) is 0 Å². The molecule has 0 heterocycles. The van der Waals surface area contributed by atoms with Crippen LogP contribution in [0.2, 0.25) is 0 Å². The van der Waals surface area contributed by atoms with Crippen LogP contribution in [0.4, 0.5) is 0 Å². The Hall–Kier alpha value is -0.0900. The molecule has 0 fully saturated rings. The maximum Gasteiger partial charge on any atom is 0.269 e. The van der Waals surface area contributed by atoms with Crippen LogP contribution in [-0.2, 0) is 14.3 Å². The summed E-state index contributed by atoms with van der Waals surface area (Å²) in [6, 6.07) is 0. The third kappa shape index (κ3) is 2.81. The minimum Gasteiger partial charge on any atom is -0.270 e. The first kappa shape index (κ1) is 8.91. The van der Waals surface area contributed by atoms with Crippen LogP contribution >= 0.6 is 0 Å². The second kappa shape index (κ2) is 3.17. The Kier molecular flexibility index (Phi) is 3.14. The zero-order valence-electron chi connectivity index (χ0n) is 5.92. The Morgan fingerprint density at radius 3 is 2.00 bits per heavy atom. The van der Waals surface area contributed by atoms with Gasteiger partial charge in [0.25, 0.3) is 10.1 Å². The zero-order valence-corrected chi connectivity index (χ0v) is 6.73. The molecule has 0 rings (SSSR count). The lowest BCUT2D eigenvalue weighted by atomic mass is 10.6. The van der Waals surface area contributed by atoms with Gasteiger partial charge in [-0.15, -0.1) is 0 Å². The summed E-state index contributed by atoms with van der Waals surface area (Å²) >= 11 is 0. The summed E-state index contributed by atoms with van der Waals surface area (Å²) in [6.45, 7) is 5.05. The van der Waals surface area contributed by atoms with Crippen molar-refractivity contribution in [2.75, 3.05) is 6.61 Å². The van der Waals surface area contributed by atoms with Crippen LogP contribution in [0.3, 0.4) is 0 Å². The molecule has 0 aromatic rings. The smallest absolute Gasteiger partial charge is 0.269 e. The number of hydrogen-bond acceptors (Lipinski definition) is 3. The first-order valence-corrected chi connectivity index (χ1v) is 4.36. The van der Waals surface area contributed by atoms with Crippen molar-refractivity contribution in [3.8, 4) is 0 Å². The van der Waals surface area contributed by atoms with Crippen molar-refractivity contribution in [1.29, 1.82) is 0 Å². The van der Waals surface area contributed by atoms with Crippen LogP contribution in [0.15, 0.2) is 0 Å². The molecule has 9 heavy (non-hydrogen) atoms. The first-order valence-electron chi connectivity index (χ1n) is 2.89. The van der Waals surface area contributed by atoms with Crippen molar-refractivity contribution in [1.82, 2.24) is 0 Å². The van der Waals surface area contributed by atoms with E-state index in [0.29, 0.717) is 0 Å². The SMILES string of the molecule is CCOS(=O)(=O)C(C)C. The molecule has 0 aromatic heterocycles. The minimum atomic E-state index is -3.25. The van der Waals surface area contributed by atoms with Gasteiger partial charge in [-0.25, -0.2) is 0 Å². The van der Waals surface area contributed by atoms with E-state index in [-0.39, 0.29) is 6.61 Å². The summed E-state index contributed by atoms with van der Waals surface area (Å²) < 4.78 is 25.9. The highest BCUT2D eigenvalue weighted by atomic mass is 32.2. The Balaban J connectivity index is 4.05. The summed E-state index contributed by atoms with van der Waals surface area (Å²) in [4.78, 5) is 0. The van der Waals surface area contributed by atoms with Crippen molar-refractivity contribution in [2.45, 2.75) is 26.0 Å². The van der Waals surface area contributed by atoms with Gasteiger partial charge in [-0.3, -0.25) is 4.18 Å². The molecule has 0 unspecified atom stereocenters. The summed E-state index contributed by atoms with van der Waals surface area (Å²) in [6.07, 6.45) is 0. The molecule has 0 radical (unpaired) electrons. The quantitative estimate of drug-likeness (QED) is 0.561. The molecular weight excluding hydrogens is 140 g/mol. The van der Waals surface area contributed by atoms with Crippen LogP contribution in [0.5, 0.6) is 0 Å². The molecular formula is C5H12O3S. The van der Waals surface area contributed by atoms with E-state index in [1.807, 2.05) is 0 Å². The van der Waals surface area contributed by atoms with E-state index in [9.17, 15) is 8.42 Å². The molecule has 0 spiro atoms. The predicted octanol–water partition coefficient (Wildman–Crippen LogP) is 0.761. The van der Waals surface area contributed by atoms with Gasteiger partial charge in [-0.05, 0) is 20.8 Å². The van der Waals surface area contributed by atoms with Gasteiger partial charge in [0, 0.05) is 0 Å². The Bertz CT molecular complexity index is 157. The molecule has 0 N–H and O–H groups in total. The van der Waals surface area contributed by atoms with E-state index in [0.717, 1.165) is 0 Å². The van der Waals surface area contributed by atoms with Gasteiger partial charge in [-0.2, -0.15) is 8.42 Å². The second-order valence-corrected chi connectivity index (χ2v) is 4.11. The molecule has 0 amide bonds. The molecule has 3 nitrogen and oxygen atoms in total. The molecule has 56 valence electrons. The van der Waals surface area contributed by atoms with Crippen molar-refractivity contribution in [3.63, 3.8) is 0 Å². The highest BCUT2D eigenvalue weighted by Gasteiger charge is 2.14. The maximum absolute atomic E-state index is 10.7. The van der Waals surface area contributed by atoms with Crippen LogP contribution in [0, 0.1) is 0 Å².